The molecule has 1 amide bonds. The monoisotopic (exact) mass is 577 g/mol. The standard InChI is InChI=1S/C32H39N3O5S/c1-3-41(37,38)35-21-18-32(24-35,26-11-5-4-6-12-26)31(36)33-27-16-19-34(20-17-27)23-25-10-9-13-28(22-25)40-30-15-8-7-14-29(30)39-2/h4-15,22,27H,3,16-21,23-24H2,1-2H3,(H,33,36). The molecule has 9 heteroatoms. The lowest BCUT2D eigenvalue weighted by molar-refractivity contribution is -0.127. The van der Waals surface area contributed by atoms with Crippen molar-refractivity contribution in [3.63, 3.8) is 0 Å². The van der Waals surface area contributed by atoms with Gasteiger partial charge in [-0.1, -0.05) is 54.6 Å². The second-order valence-corrected chi connectivity index (χ2v) is 13.1. The van der Waals surface area contributed by atoms with Crippen LogP contribution in [0.15, 0.2) is 78.9 Å². The van der Waals surface area contributed by atoms with Crippen molar-refractivity contribution in [2.45, 2.75) is 44.2 Å². The van der Waals surface area contributed by atoms with Crippen molar-refractivity contribution in [3.8, 4) is 17.2 Å². The van der Waals surface area contributed by atoms with Gasteiger partial charge in [0, 0.05) is 38.8 Å². The van der Waals surface area contributed by atoms with E-state index in [1.54, 1.807) is 14.0 Å². The molecule has 1 unspecified atom stereocenters. The second-order valence-electron chi connectivity index (χ2n) is 10.9. The van der Waals surface area contributed by atoms with Gasteiger partial charge in [0.15, 0.2) is 11.5 Å². The first kappa shape index (κ1) is 29.1. The van der Waals surface area contributed by atoms with Gasteiger partial charge < -0.3 is 14.8 Å². The number of nitrogens with one attached hydrogen (secondary N) is 1. The first-order chi connectivity index (χ1) is 19.8. The number of para-hydroxylation sites is 2. The number of ether oxygens (including phenoxy) is 2. The number of hydrogen-bond acceptors (Lipinski definition) is 6. The maximum Gasteiger partial charge on any atom is 0.232 e. The Labute approximate surface area is 243 Å². The second kappa shape index (κ2) is 12.6. The summed E-state index contributed by atoms with van der Waals surface area (Å²) in [5.74, 6) is 2.09. The number of rotatable bonds is 10. The smallest absolute Gasteiger partial charge is 0.232 e. The maximum absolute atomic E-state index is 13.8. The molecular weight excluding hydrogens is 538 g/mol. The van der Waals surface area contributed by atoms with E-state index in [0.717, 1.165) is 49.4 Å². The number of amides is 1. The first-order valence-electron chi connectivity index (χ1n) is 14.3. The lowest BCUT2D eigenvalue weighted by atomic mass is 9.78. The highest BCUT2D eigenvalue weighted by molar-refractivity contribution is 7.89. The van der Waals surface area contributed by atoms with Crippen molar-refractivity contribution in [2.24, 2.45) is 0 Å². The van der Waals surface area contributed by atoms with Gasteiger partial charge in [-0.05, 0) is 61.6 Å². The molecule has 218 valence electrons. The van der Waals surface area contributed by atoms with E-state index >= 15 is 0 Å². The molecule has 2 saturated heterocycles. The summed E-state index contributed by atoms with van der Waals surface area (Å²) in [6.45, 7) is 4.70. The van der Waals surface area contributed by atoms with Gasteiger partial charge in [-0.25, -0.2) is 12.7 Å². The molecule has 41 heavy (non-hydrogen) atoms. The fourth-order valence-corrected chi connectivity index (χ4v) is 7.01. The van der Waals surface area contributed by atoms with E-state index in [9.17, 15) is 13.2 Å². The predicted molar refractivity (Wildman–Crippen MR) is 160 cm³/mol. The van der Waals surface area contributed by atoms with Crippen LogP contribution in [0.1, 0.15) is 37.3 Å². The van der Waals surface area contributed by atoms with E-state index in [4.69, 9.17) is 9.47 Å². The van der Waals surface area contributed by atoms with Gasteiger partial charge in [0.25, 0.3) is 0 Å². The maximum atomic E-state index is 13.8. The van der Waals surface area contributed by atoms with Crippen molar-refractivity contribution in [1.82, 2.24) is 14.5 Å². The van der Waals surface area contributed by atoms with Crippen molar-refractivity contribution in [3.05, 3.63) is 90.0 Å². The largest absolute Gasteiger partial charge is 0.493 e. The molecule has 3 aromatic rings. The molecule has 0 saturated carbocycles. The summed E-state index contributed by atoms with van der Waals surface area (Å²) >= 11 is 0. The van der Waals surface area contributed by atoms with Crippen LogP contribution in [-0.2, 0) is 26.8 Å². The molecule has 0 radical (unpaired) electrons. The van der Waals surface area contributed by atoms with Gasteiger partial charge in [0.05, 0.1) is 18.3 Å². The topological polar surface area (TPSA) is 88.2 Å². The van der Waals surface area contributed by atoms with Crippen LogP contribution < -0.4 is 14.8 Å². The third-order valence-corrected chi connectivity index (χ3v) is 10.1. The molecular formula is C32H39N3O5S. The Bertz CT molecular complexity index is 1440. The van der Waals surface area contributed by atoms with E-state index in [1.807, 2.05) is 66.7 Å². The molecule has 0 aliphatic carbocycles. The lowest BCUT2D eigenvalue weighted by Crippen LogP contribution is -2.52. The number of piperidine rings is 1. The fraction of sp³-hybridized carbons (Fsp3) is 0.406. The molecule has 3 aromatic carbocycles. The average Bonchev–Trinajstić information content (AvgIpc) is 3.47. The van der Waals surface area contributed by atoms with Crippen molar-refractivity contribution in [1.29, 1.82) is 0 Å². The summed E-state index contributed by atoms with van der Waals surface area (Å²) in [6, 6.07) is 25.4. The summed E-state index contributed by atoms with van der Waals surface area (Å²) < 4.78 is 38.2. The van der Waals surface area contributed by atoms with Gasteiger partial charge in [-0.3, -0.25) is 9.69 Å². The van der Waals surface area contributed by atoms with Crippen molar-refractivity contribution < 1.29 is 22.7 Å². The summed E-state index contributed by atoms with van der Waals surface area (Å²) in [6.07, 6.45) is 2.16. The van der Waals surface area contributed by atoms with Crippen LogP contribution in [0.5, 0.6) is 17.2 Å². The van der Waals surface area contributed by atoms with Crippen LogP contribution in [0.25, 0.3) is 0 Å². The molecule has 0 spiro atoms. The van der Waals surface area contributed by atoms with E-state index in [1.165, 1.54) is 4.31 Å². The number of sulfonamides is 1. The lowest BCUT2D eigenvalue weighted by Gasteiger charge is -2.35. The van der Waals surface area contributed by atoms with Crippen LogP contribution in [0.4, 0.5) is 0 Å². The number of hydrogen-bond donors (Lipinski definition) is 1. The van der Waals surface area contributed by atoms with Crippen molar-refractivity contribution >= 4 is 15.9 Å². The van der Waals surface area contributed by atoms with E-state index < -0.39 is 15.4 Å². The van der Waals surface area contributed by atoms with Gasteiger partial charge >= 0.3 is 0 Å². The minimum atomic E-state index is -3.37. The average molecular weight is 578 g/mol. The Morgan fingerprint density at radius 3 is 2.37 bits per heavy atom. The molecule has 0 aromatic heterocycles. The van der Waals surface area contributed by atoms with E-state index in [2.05, 4.69) is 22.3 Å². The highest BCUT2D eigenvalue weighted by Gasteiger charge is 2.49. The zero-order valence-corrected chi connectivity index (χ0v) is 24.6. The Kier molecular flexibility index (Phi) is 8.97. The number of nitrogens with zero attached hydrogens (tertiary/aromatic N) is 2. The minimum Gasteiger partial charge on any atom is -0.493 e. The van der Waals surface area contributed by atoms with E-state index in [0.29, 0.717) is 24.5 Å². The van der Waals surface area contributed by atoms with Crippen LogP contribution in [0.3, 0.4) is 0 Å². The molecule has 1 atom stereocenters. The molecule has 2 aliphatic rings. The minimum absolute atomic E-state index is 0.0351. The Hall–Kier alpha value is -3.40. The van der Waals surface area contributed by atoms with Gasteiger partial charge in [0.1, 0.15) is 5.75 Å². The van der Waals surface area contributed by atoms with Crippen LogP contribution in [0.2, 0.25) is 0 Å². The third kappa shape index (κ3) is 6.58. The molecule has 8 nitrogen and oxygen atoms in total. The number of methoxy groups -OCH3 is 1. The Balaban J connectivity index is 1.19. The SMILES string of the molecule is CCS(=O)(=O)N1CCC(C(=O)NC2CCN(Cc3cccc(Oc4ccccc4OC)c3)CC2)(c2ccccc2)C1. The van der Waals surface area contributed by atoms with Crippen LogP contribution in [-0.4, -0.2) is 68.6 Å². The normalized spacial score (nSPS) is 20.5. The summed E-state index contributed by atoms with van der Waals surface area (Å²) in [5.41, 5.74) is 1.16. The third-order valence-electron chi connectivity index (χ3n) is 8.28. The molecule has 2 aliphatic heterocycles. The molecule has 1 N–H and O–H groups in total. The molecule has 5 rings (SSSR count). The van der Waals surface area contributed by atoms with Gasteiger partial charge in [0.2, 0.25) is 15.9 Å². The molecule has 2 heterocycles. The number of benzene rings is 3. The Morgan fingerprint density at radius 1 is 0.951 bits per heavy atom. The molecule has 2 fully saturated rings. The number of carbonyl (C=O) groups is 1. The summed E-state index contributed by atoms with van der Waals surface area (Å²) in [4.78, 5) is 16.2. The van der Waals surface area contributed by atoms with Crippen molar-refractivity contribution in [2.75, 3.05) is 39.0 Å². The Morgan fingerprint density at radius 2 is 1.66 bits per heavy atom. The summed E-state index contributed by atoms with van der Waals surface area (Å²) in [5, 5.41) is 3.30. The van der Waals surface area contributed by atoms with Gasteiger partial charge in [-0.2, -0.15) is 0 Å². The van der Waals surface area contributed by atoms with Crippen LogP contribution >= 0.6 is 0 Å². The van der Waals surface area contributed by atoms with E-state index in [-0.39, 0.29) is 24.2 Å². The summed E-state index contributed by atoms with van der Waals surface area (Å²) in [7, 11) is -1.74. The molecule has 0 bridgehead atoms. The quantitative estimate of drug-likeness (QED) is 0.380. The van der Waals surface area contributed by atoms with Gasteiger partial charge in [-0.15, -0.1) is 0 Å². The first-order valence-corrected chi connectivity index (χ1v) is 15.9. The van der Waals surface area contributed by atoms with Crippen LogP contribution in [0, 0.1) is 0 Å². The zero-order chi connectivity index (χ0) is 28.9. The predicted octanol–water partition coefficient (Wildman–Crippen LogP) is 4.56. The number of likely N-dealkylation sites (tertiary alicyclic amines) is 1. The highest BCUT2D eigenvalue weighted by atomic mass is 32.2. The highest BCUT2D eigenvalue weighted by Crippen LogP contribution is 2.37. The number of carbonyl (C=O) groups excluding carboxylic acids is 1. The fourth-order valence-electron chi connectivity index (χ4n) is 5.86. The zero-order valence-electron chi connectivity index (χ0n) is 23.8.